The van der Waals surface area contributed by atoms with Crippen LogP contribution in [0.3, 0.4) is 0 Å². The van der Waals surface area contributed by atoms with E-state index in [0.29, 0.717) is 29.0 Å². The summed E-state index contributed by atoms with van der Waals surface area (Å²) in [5.74, 6) is 0.233. The normalized spacial score (nSPS) is 10.8. The van der Waals surface area contributed by atoms with Gasteiger partial charge in [-0.15, -0.1) is 0 Å². The number of fused-ring (bicyclic) bond motifs is 1. The molecule has 0 aliphatic rings. The zero-order chi connectivity index (χ0) is 15.5. The van der Waals surface area contributed by atoms with Gasteiger partial charge < -0.3 is 9.15 Å². The van der Waals surface area contributed by atoms with Crippen LogP contribution >= 0.6 is 0 Å². The third-order valence-electron chi connectivity index (χ3n) is 3.55. The lowest BCUT2D eigenvalue weighted by Crippen LogP contribution is -2.16. The summed E-state index contributed by atoms with van der Waals surface area (Å²) in [7, 11) is 1.58. The highest BCUT2D eigenvalue weighted by Crippen LogP contribution is 2.15. The van der Waals surface area contributed by atoms with Crippen molar-refractivity contribution in [2.24, 2.45) is 0 Å². The summed E-state index contributed by atoms with van der Waals surface area (Å²) in [6.07, 6.45) is 0.232. The minimum absolute atomic E-state index is 0.0279. The van der Waals surface area contributed by atoms with Crippen molar-refractivity contribution in [3.8, 4) is 5.75 Å². The molecule has 0 amide bonds. The molecule has 0 aliphatic carbocycles. The van der Waals surface area contributed by atoms with Crippen molar-refractivity contribution in [1.82, 2.24) is 4.57 Å². The van der Waals surface area contributed by atoms with E-state index in [1.165, 1.54) is 4.57 Å². The molecule has 3 aromatic rings. The molecular formula is C17H15NO4. The third kappa shape index (κ3) is 2.65. The number of aryl methyl sites for hydroxylation is 1. The SMILES string of the molecule is COc1ccc(C(=O)CCn2c(=O)oc3ccccc32)cc1. The lowest BCUT2D eigenvalue weighted by molar-refractivity contribution is 0.0977. The number of oxazole rings is 1. The van der Waals surface area contributed by atoms with Crippen molar-refractivity contribution >= 4 is 16.9 Å². The fourth-order valence-electron chi connectivity index (χ4n) is 2.36. The fraction of sp³-hybridized carbons (Fsp3) is 0.176. The monoisotopic (exact) mass is 297 g/mol. The zero-order valence-corrected chi connectivity index (χ0v) is 12.1. The highest BCUT2D eigenvalue weighted by molar-refractivity contribution is 5.96. The number of hydrogen-bond donors (Lipinski definition) is 0. The Morgan fingerprint density at radius 1 is 1.14 bits per heavy atom. The number of methoxy groups -OCH3 is 1. The standard InChI is InChI=1S/C17H15NO4/c1-21-13-8-6-12(7-9-13)15(19)10-11-18-14-4-2-3-5-16(14)22-17(18)20/h2-9H,10-11H2,1H3. The Bertz CT molecular complexity index is 858. The molecule has 0 spiro atoms. The van der Waals surface area contributed by atoms with Gasteiger partial charge >= 0.3 is 5.76 Å². The van der Waals surface area contributed by atoms with E-state index in [1.807, 2.05) is 6.07 Å². The summed E-state index contributed by atoms with van der Waals surface area (Å²) >= 11 is 0. The number of Topliss-reactive ketones (excluding diaryl/α,β-unsaturated/α-hetero) is 1. The van der Waals surface area contributed by atoms with E-state index in [4.69, 9.17) is 9.15 Å². The largest absolute Gasteiger partial charge is 0.497 e. The van der Waals surface area contributed by atoms with Crippen LogP contribution in [0.4, 0.5) is 0 Å². The second kappa shape index (κ2) is 5.89. The highest BCUT2D eigenvalue weighted by Gasteiger charge is 2.11. The van der Waals surface area contributed by atoms with Crippen LogP contribution < -0.4 is 10.5 Å². The summed E-state index contributed by atoms with van der Waals surface area (Å²) in [5, 5.41) is 0. The molecule has 0 radical (unpaired) electrons. The van der Waals surface area contributed by atoms with E-state index >= 15 is 0 Å². The summed E-state index contributed by atoms with van der Waals surface area (Å²) < 4.78 is 11.7. The van der Waals surface area contributed by atoms with Gasteiger partial charge in [0.05, 0.1) is 12.6 Å². The van der Waals surface area contributed by atoms with Crippen LogP contribution in [0.25, 0.3) is 11.1 Å². The predicted octanol–water partition coefficient (Wildman–Crippen LogP) is 2.88. The van der Waals surface area contributed by atoms with Crippen molar-refractivity contribution < 1.29 is 13.9 Å². The zero-order valence-electron chi connectivity index (χ0n) is 12.1. The molecule has 1 aromatic heterocycles. The van der Waals surface area contributed by atoms with E-state index in [1.54, 1.807) is 49.6 Å². The third-order valence-corrected chi connectivity index (χ3v) is 3.55. The summed E-state index contributed by atoms with van der Waals surface area (Å²) in [4.78, 5) is 24.0. The van der Waals surface area contributed by atoms with Gasteiger partial charge in [0.2, 0.25) is 0 Å². The van der Waals surface area contributed by atoms with Crippen LogP contribution in [0.2, 0.25) is 0 Å². The number of nitrogens with zero attached hydrogens (tertiary/aromatic N) is 1. The molecule has 5 heteroatoms. The van der Waals surface area contributed by atoms with Gasteiger partial charge in [0.25, 0.3) is 0 Å². The number of aromatic nitrogens is 1. The average Bonchev–Trinajstić information content (AvgIpc) is 2.88. The molecule has 0 aliphatic heterocycles. The second-order valence-corrected chi connectivity index (χ2v) is 4.89. The van der Waals surface area contributed by atoms with Crippen LogP contribution in [-0.2, 0) is 6.54 Å². The molecule has 0 N–H and O–H groups in total. The molecule has 1 heterocycles. The molecule has 0 saturated heterocycles. The molecule has 0 fully saturated rings. The first kappa shape index (κ1) is 14.1. The first-order valence-electron chi connectivity index (χ1n) is 6.94. The van der Waals surface area contributed by atoms with Crippen LogP contribution in [0, 0.1) is 0 Å². The number of hydrogen-bond acceptors (Lipinski definition) is 4. The molecule has 0 atom stereocenters. The maximum atomic E-state index is 12.2. The minimum atomic E-state index is -0.441. The van der Waals surface area contributed by atoms with E-state index in [-0.39, 0.29) is 12.2 Å². The molecule has 3 rings (SSSR count). The molecule has 5 nitrogen and oxygen atoms in total. The van der Waals surface area contributed by atoms with Crippen LogP contribution in [-0.4, -0.2) is 17.5 Å². The molecule has 0 saturated carbocycles. The van der Waals surface area contributed by atoms with Crippen LogP contribution in [0.1, 0.15) is 16.8 Å². The van der Waals surface area contributed by atoms with Crippen molar-refractivity contribution in [2.75, 3.05) is 7.11 Å². The summed E-state index contributed by atoms with van der Waals surface area (Å²) in [6.45, 7) is 0.292. The van der Waals surface area contributed by atoms with E-state index in [2.05, 4.69) is 0 Å². The van der Waals surface area contributed by atoms with Crippen molar-refractivity contribution in [3.63, 3.8) is 0 Å². The Morgan fingerprint density at radius 3 is 2.59 bits per heavy atom. The van der Waals surface area contributed by atoms with Gasteiger partial charge in [-0.05, 0) is 36.4 Å². The van der Waals surface area contributed by atoms with Gasteiger partial charge in [0.1, 0.15) is 5.75 Å². The molecular weight excluding hydrogens is 282 g/mol. The Labute approximate surface area is 126 Å². The van der Waals surface area contributed by atoms with E-state index < -0.39 is 5.76 Å². The Morgan fingerprint density at radius 2 is 1.86 bits per heavy atom. The number of ketones is 1. The van der Waals surface area contributed by atoms with Gasteiger partial charge in [-0.2, -0.15) is 0 Å². The highest BCUT2D eigenvalue weighted by atomic mass is 16.5. The van der Waals surface area contributed by atoms with Gasteiger partial charge in [-0.1, -0.05) is 12.1 Å². The van der Waals surface area contributed by atoms with Gasteiger partial charge in [0, 0.05) is 18.5 Å². The van der Waals surface area contributed by atoms with Crippen LogP contribution in [0.15, 0.2) is 57.7 Å². The maximum Gasteiger partial charge on any atom is 0.419 e. The van der Waals surface area contributed by atoms with Crippen LogP contribution in [0.5, 0.6) is 5.75 Å². The van der Waals surface area contributed by atoms with Gasteiger partial charge in [-0.3, -0.25) is 9.36 Å². The van der Waals surface area contributed by atoms with Crippen molar-refractivity contribution in [2.45, 2.75) is 13.0 Å². The number of carbonyl (C=O) groups is 1. The van der Waals surface area contributed by atoms with Crippen molar-refractivity contribution in [1.29, 1.82) is 0 Å². The number of para-hydroxylation sites is 2. The van der Waals surface area contributed by atoms with E-state index in [9.17, 15) is 9.59 Å². The number of carbonyl (C=O) groups excluding carboxylic acids is 1. The average molecular weight is 297 g/mol. The number of ether oxygens (including phenoxy) is 1. The summed E-state index contributed by atoms with van der Waals surface area (Å²) in [6, 6.07) is 14.1. The number of rotatable bonds is 5. The van der Waals surface area contributed by atoms with Gasteiger partial charge in [0.15, 0.2) is 11.4 Å². The predicted molar refractivity (Wildman–Crippen MR) is 82.4 cm³/mol. The smallest absolute Gasteiger partial charge is 0.419 e. The number of benzene rings is 2. The Kier molecular flexibility index (Phi) is 3.78. The first-order valence-corrected chi connectivity index (χ1v) is 6.94. The Hall–Kier alpha value is -2.82. The summed E-state index contributed by atoms with van der Waals surface area (Å²) in [5.41, 5.74) is 1.83. The van der Waals surface area contributed by atoms with E-state index in [0.717, 1.165) is 0 Å². The molecule has 112 valence electrons. The van der Waals surface area contributed by atoms with Gasteiger partial charge in [-0.25, -0.2) is 4.79 Å². The molecule has 22 heavy (non-hydrogen) atoms. The second-order valence-electron chi connectivity index (χ2n) is 4.89. The van der Waals surface area contributed by atoms with Crippen molar-refractivity contribution in [3.05, 3.63) is 64.6 Å². The lowest BCUT2D eigenvalue weighted by atomic mass is 10.1. The molecule has 0 bridgehead atoms. The minimum Gasteiger partial charge on any atom is -0.497 e. The lowest BCUT2D eigenvalue weighted by Gasteiger charge is -2.04. The fourth-order valence-corrected chi connectivity index (χ4v) is 2.36. The maximum absolute atomic E-state index is 12.2. The quantitative estimate of drug-likeness (QED) is 0.679. The molecule has 0 unspecified atom stereocenters. The first-order chi connectivity index (χ1) is 10.7. The Balaban J connectivity index is 1.77. The topological polar surface area (TPSA) is 61.4 Å². The molecule has 2 aromatic carbocycles.